The molecule has 0 saturated carbocycles. The number of nitrogens with zero attached hydrogens (tertiary/aromatic N) is 2. The number of hydrogen-bond donors (Lipinski definition) is 1. The summed E-state index contributed by atoms with van der Waals surface area (Å²) < 4.78 is 1.25. The standard InChI is InChI=1S/C12H11N3S3/c1-2-13-12-14-10-8(5-7-17-10)11(15-12)18-9-4-3-6-16-9/h3-7H,2H2,1H3,(H,13,14,15). The lowest BCUT2D eigenvalue weighted by molar-refractivity contribution is 1.06. The second kappa shape index (κ2) is 5.26. The molecule has 0 amide bonds. The van der Waals surface area contributed by atoms with Crippen molar-refractivity contribution in [2.75, 3.05) is 11.9 Å². The Morgan fingerprint density at radius 1 is 1.22 bits per heavy atom. The molecule has 0 aliphatic carbocycles. The molecule has 0 spiro atoms. The largest absolute Gasteiger partial charge is 0.354 e. The average Bonchev–Trinajstić information content (AvgIpc) is 2.99. The van der Waals surface area contributed by atoms with Crippen molar-refractivity contribution in [3.63, 3.8) is 0 Å². The summed E-state index contributed by atoms with van der Waals surface area (Å²) in [6.07, 6.45) is 0. The van der Waals surface area contributed by atoms with Crippen molar-refractivity contribution in [2.24, 2.45) is 0 Å². The van der Waals surface area contributed by atoms with Gasteiger partial charge in [0.1, 0.15) is 9.86 Å². The zero-order valence-electron chi connectivity index (χ0n) is 9.71. The first-order valence-electron chi connectivity index (χ1n) is 5.57. The monoisotopic (exact) mass is 293 g/mol. The molecule has 92 valence electrons. The third-order valence-corrected chi connectivity index (χ3v) is 5.17. The van der Waals surface area contributed by atoms with Gasteiger partial charge in [0.2, 0.25) is 5.95 Å². The lowest BCUT2D eigenvalue weighted by atomic mass is 10.4. The SMILES string of the molecule is CCNc1nc(Sc2cccs2)c2ccsc2n1. The summed E-state index contributed by atoms with van der Waals surface area (Å²) in [6.45, 7) is 2.88. The number of rotatable bonds is 4. The van der Waals surface area contributed by atoms with Crippen molar-refractivity contribution in [3.05, 3.63) is 29.0 Å². The number of nitrogens with one attached hydrogen (secondary N) is 1. The van der Waals surface area contributed by atoms with Crippen LogP contribution in [0.25, 0.3) is 10.2 Å². The first-order chi connectivity index (χ1) is 8.86. The molecule has 0 aromatic carbocycles. The summed E-state index contributed by atoms with van der Waals surface area (Å²) >= 11 is 5.09. The molecule has 0 aliphatic heterocycles. The molecule has 3 aromatic rings. The first-order valence-corrected chi connectivity index (χ1v) is 8.15. The average molecular weight is 293 g/mol. The maximum atomic E-state index is 4.59. The number of thiophene rings is 2. The maximum Gasteiger partial charge on any atom is 0.225 e. The zero-order valence-corrected chi connectivity index (χ0v) is 12.2. The Morgan fingerprint density at radius 2 is 2.17 bits per heavy atom. The highest BCUT2D eigenvalue weighted by atomic mass is 32.2. The molecule has 3 heterocycles. The molecule has 3 rings (SSSR count). The second-order valence-electron chi connectivity index (χ2n) is 3.56. The van der Waals surface area contributed by atoms with Crippen LogP contribution in [0.4, 0.5) is 5.95 Å². The summed E-state index contributed by atoms with van der Waals surface area (Å²) in [5.41, 5.74) is 0. The smallest absolute Gasteiger partial charge is 0.225 e. The Labute approximate surface area is 117 Å². The molecule has 0 aliphatic rings. The van der Waals surface area contributed by atoms with Crippen molar-refractivity contribution in [2.45, 2.75) is 16.2 Å². The van der Waals surface area contributed by atoms with Gasteiger partial charge in [-0.15, -0.1) is 22.7 Å². The van der Waals surface area contributed by atoms with Gasteiger partial charge in [0.25, 0.3) is 0 Å². The molecule has 0 radical (unpaired) electrons. The van der Waals surface area contributed by atoms with E-state index in [0.29, 0.717) is 5.95 Å². The molecule has 0 fully saturated rings. The van der Waals surface area contributed by atoms with E-state index in [-0.39, 0.29) is 0 Å². The fourth-order valence-electron chi connectivity index (χ4n) is 1.56. The Balaban J connectivity index is 2.04. The van der Waals surface area contributed by atoms with E-state index in [9.17, 15) is 0 Å². The zero-order chi connectivity index (χ0) is 12.4. The fraction of sp³-hybridized carbons (Fsp3) is 0.167. The van der Waals surface area contributed by atoms with Crippen LogP contribution in [0.3, 0.4) is 0 Å². The molecular weight excluding hydrogens is 282 g/mol. The number of anilines is 1. The minimum atomic E-state index is 0.714. The van der Waals surface area contributed by atoms with Crippen molar-refractivity contribution in [1.29, 1.82) is 0 Å². The lowest BCUT2D eigenvalue weighted by Gasteiger charge is -2.05. The van der Waals surface area contributed by atoms with E-state index < -0.39 is 0 Å². The molecule has 0 saturated heterocycles. The van der Waals surface area contributed by atoms with E-state index in [4.69, 9.17) is 0 Å². The molecule has 0 bridgehead atoms. The summed E-state index contributed by atoms with van der Waals surface area (Å²) in [6, 6.07) is 6.26. The molecular formula is C12H11N3S3. The van der Waals surface area contributed by atoms with Gasteiger partial charge in [0.05, 0.1) is 4.21 Å². The van der Waals surface area contributed by atoms with Crippen LogP contribution in [0, 0.1) is 0 Å². The van der Waals surface area contributed by atoms with E-state index in [1.807, 2.05) is 6.92 Å². The highest BCUT2D eigenvalue weighted by Crippen LogP contribution is 2.36. The summed E-state index contributed by atoms with van der Waals surface area (Å²) in [5, 5.41) is 9.50. The van der Waals surface area contributed by atoms with Gasteiger partial charge in [0.15, 0.2) is 0 Å². The first kappa shape index (κ1) is 12.0. The summed E-state index contributed by atoms with van der Waals surface area (Å²) in [4.78, 5) is 10.1. The van der Waals surface area contributed by atoms with Crippen LogP contribution in [0.15, 0.2) is 38.2 Å². The Hall–Kier alpha value is -1.11. The minimum absolute atomic E-state index is 0.714. The van der Waals surface area contributed by atoms with Gasteiger partial charge >= 0.3 is 0 Å². The Bertz CT molecular complexity index is 646. The molecule has 18 heavy (non-hydrogen) atoms. The highest BCUT2D eigenvalue weighted by Gasteiger charge is 2.10. The van der Waals surface area contributed by atoms with Crippen LogP contribution in [0.2, 0.25) is 0 Å². The van der Waals surface area contributed by atoms with Crippen LogP contribution in [0.5, 0.6) is 0 Å². The van der Waals surface area contributed by atoms with Gasteiger partial charge in [-0.3, -0.25) is 0 Å². The van der Waals surface area contributed by atoms with Gasteiger partial charge in [-0.25, -0.2) is 9.97 Å². The van der Waals surface area contributed by atoms with Gasteiger partial charge in [-0.05, 0) is 29.8 Å². The van der Waals surface area contributed by atoms with E-state index in [1.165, 1.54) is 4.21 Å². The van der Waals surface area contributed by atoms with Gasteiger partial charge in [-0.1, -0.05) is 17.8 Å². The normalized spacial score (nSPS) is 10.9. The van der Waals surface area contributed by atoms with Crippen molar-refractivity contribution in [1.82, 2.24) is 9.97 Å². The third-order valence-electron chi connectivity index (χ3n) is 2.32. The lowest BCUT2D eigenvalue weighted by Crippen LogP contribution is -2.02. The predicted octanol–water partition coefficient (Wildman–Crippen LogP) is 4.34. The molecule has 6 heteroatoms. The maximum absolute atomic E-state index is 4.59. The Morgan fingerprint density at radius 3 is 2.94 bits per heavy atom. The molecule has 1 N–H and O–H groups in total. The van der Waals surface area contributed by atoms with E-state index in [1.54, 1.807) is 34.4 Å². The van der Waals surface area contributed by atoms with E-state index in [2.05, 4.69) is 44.2 Å². The van der Waals surface area contributed by atoms with Gasteiger partial charge in [-0.2, -0.15) is 0 Å². The van der Waals surface area contributed by atoms with E-state index in [0.717, 1.165) is 21.8 Å². The summed E-state index contributed by atoms with van der Waals surface area (Å²) in [7, 11) is 0. The molecule has 0 atom stereocenters. The van der Waals surface area contributed by atoms with Crippen LogP contribution in [-0.4, -0.2) is 16.5 Å². The quantitative estimate of drug-likeness (QED) is 0.726. The topological polar surface area (TPSA) is 37.8 Å². The minimum Gasteiger partial charge on any atom is -0.354 e. The number of hydrogen-bond acceptors (Lipinski definition) is 6. The van der Waals surface area contributed by atoms with Crippen LogP contribution >= 0.6 is 34.4 Å². The fourth-order valence-corrected chi connectivity index (χ4v) is 4.18. The van der Waals surface area contributed by atoms with Crippen LogP contribution in [-0.2, 0) is 0 Å². The van der Waals surface area contributed by atoms with Crippen molar-refractivity contribution in [3.8, 4) is 0 Å². The number of fused-ring (bicyclic) bond motifs is 1. The second-order valence-corrected chi connectivity index (χ2v) is 6.69. The number of aromatic nitrogens is 2. The van der Waals surface area contributed by atoms with Crippen molar-refractivity contribution >= 4 is 50.6 Å². The molecule has 3 nitrogen and oxygen atoms in total. The summed E-state index contributed by atoms with van der Waals surface area (Å²) in [5.74, 6) is 0.714. The molecule has 0 unspecified atom stereocenters. The van der Waals surface area contributed by atoms with Crippen LogP contribution in [0.1, 0.15) is 6.92 Å². The molecule has 3 aromatic heterocycles. The predicted molar refractivity (Wildman–Crippen MR) is 80.0 cm³/mol. The van der Waals surface area contributed by atoms with E-state index >= 15 is 0 Å². The van der Waals surface area contributed by atoms with Gasteiger partial charge in [0, 0.05) is 11.9 Å². The third kappa shape index (κ3) is 2.36. The highest BCUT2D eigenvalue weighted by molar-refractivity contribution is 8.01. The van der Waals surface area contributed by atoms with Crippen LogP contribution < -0.4 is 5.32 Å². The Kier molecular flexibility index (Phi) is 3.49. The van der Waals surface area contributed by atoms with Gasteiger partial charge < -0.3 is 5.32 Å². The van der Waals surface area contributed by atoms with Crippen molar-refractivity contribution < 1.29 is 0 Å².